The van der Waals surface area contributed by atoms with E-state index in [1.54, 1.807) is 0 Å². The number of hydrogen-bond donors (Lipinski definition) is 1. The van der Waals surface area contributed by atoms with E-state index in [0.717, 1.165) is 44.4 Å². The Morgan fingerprint density at radius 2 is 2.21 bits per heavy atom. The third-order valence-corrected chi connectivity index (χ3v) is 4.93. The van der Waals surface area contributed by atoms with Gasteiger partial charge in [0.2, 0.25) is 0 Å². The third-order valence-electron chi connectivity index (χ3n) is 4.05. The highest BCUT2D eigenvalue weighted by Crippen LogP contribution is 2.25. The SMILES string of the molecule is CCC1(C)CCSC(=NC(C)CN2CCOCC2)N1. The van der Waals surface area contributed by atoms with E-state index < -0.39 is 0 Å². The molecule has 0 aliphatic carbocycles. The second-order valence-corrected chi connectivity index (χ2v) is 6.92. The minimum Gasteiger partial charge on any atom is -0.379 e. The van der Waals surface area contributed by atoms with Gasteiger partial charge in [0.1, 0.15) is 0 Å². The molecule has 0 radical (unpaired) electrons. The molecule has 2 fully saturated rings. The zero-order valence-electron chi connectivity index (χ0n) is 12.4. The first-order valence-corrected chi connectivity index (χ1v) is 8.39. The summed E-state index contributed by atoms with van der Waals surface area (Å²) in [5.41, 5.74) is 0.239. The monoisotopic (exact) mass is 285 g/mol. The van der Waals surface area contributed by atoms with Gasteiger partial charge in [0.05, 0.1) is 19.3 Å². The van der Waals surface area contributed by atoms with Crippen molar-refractivity contribution in [2.75, 3.05) is 38.6 Å². The summed E-state index contributed by atoms with van der Waals surface area (Å²) in [5.74, 6) is 1.18. The Labute approximate surface area is 121 Å². The number of ether oxygens (including phenoxy) is 1. The molecule has 0 aromatic rings. The fourth-order valence-corrected chi connectivity index (χ4v) is 3.78. The molecule has 2 saturated heterocycles. The second kappa shape index (κ2) is 6.95. The topological polar surface area (TPSA) is 36.9 Å². The number of nitrogens with zero attached hydrogens (tertiary/aromatic N) is 2. The lowest BCUT2D eigenvalue weighted by Crippen LogP contribution is -2.48. The van der Waals surface area contributed by atoms with E-state index in [1.807, 2.05) is 11.8 Å². The van der Waals surface area contributed by atoms with Crippen molar-refractivity contribution >= 4 is 16.9 Å². The van der Waals surface area contributed by atoms with Gasteiger partial charge in [0, 0.05) is 30.9 Å². The van der Waals surface area contributed by atoms with Crippen molar-refractivity contribution in [2.45, 2.75) is 45.2 Å². The molecule has 0 spiro atoms. The maximum Gasteiger partial charge on any atom is 0.157 e. The van der Waals surface area contributed by atoms with Gasteiger partial charge in [-0.2, -0.15) is 0 Å². The standard InChI is InChI=1S/C14H27N3OS/c1-4-14(3)5-10-19-13(16-14)15-12(2)11-17-6-8-18-9-7-17/h12H,4-11H2,1-3H3,(H,15,16). The minimum absolute atomic E-state index is 0.239. The zero-order valence-corrected chi connectivity index (χ0v) is 13.3. The molecule has 0 saturated carbocycles. The molecule has 2 aliphatic rings. The van der Waals surface area contributed by atoms with Crippen molar-refractivity contribution in [1.29, 1.82) is 0 Å². The summed E-state index contributed by atoms with van der Waals surface area (Å²) in [6.45, 7) is 11.6. The van der Waals surface area contributed by atoms with Gasteiger partial charge < -0.3 is 10.1 Å². The van der Waals surface area contributed by atoms with Crippen LogP contribution in [0.25, 0.3) is 0 Å². The summed E-state index contributed by atoms with van der Waals surface area (Å²) in [5, 5.41) is 4.75. The molecule has 0 amide bonds. The van der Waals surface area contributed by atoms with Crippen molar-refractivity contribution < 1.29 is 4.74 Å². The van der Waals surface area contributed by atoms with Crippen LogP contribution >= 0.6 is 11.8 Å². The first-order valence-electron chi connectivity index (χ1n) is 7.40. The van der Waals surface area contributed by atoms with Crippen LogP contribution < -0.4 is 5.32 Å². The Morgan fingerprint density at radius 3 is 2.89 bits per heavy atom. The molecular formula is C14H27N3OS. The van der Waals surface area contributed by atoms with Crippen LogP contribution in [0, 0.1) is 0 Å². The summed E-state index contributed by atoms with van der Waals surface area (Å²) in [6.07, 6.45) is 2.38. The number of thioether (sulfide) groups is 1. The highest BCUT2D eigenvalue weighted by Gasteiger charge is 2.27. The number of hydrogen-bond acceptors (Lipinski definition) is 4. The average Bonchev–Trinajstić information content (AvgIpc) is 2.40. The molecule has 2 unspecified atom stereocenters. The fraction of sp³-hybridized carbons (Fsp3) is 0.929. The van der Waals surface area contributed by atoms with Gasteiger partial charge in [-0.3, -0.25) is 9.89 Å². The van der Waals surface area contributed by atoms with Crippen LogP contribution in [0.1, 0.15) is 33.6 Å². The van der Waals surface area contributed by atoms with Crippen LogP contribution in [0.15, 0.2) is 4.99 Å². The summed E-state index contributed by atoms with van der Waals surface area (Å²) >= 11 is 1.87. The van der Waals surface area contributed by atoms with Crippen molar-refractivity contribution in [2.24, 2.45) is 4.99 Å². The van der Waals surface area contributed by atoms with Crippen LogP contribution in [0.3, 0.4) is 0 Å². The molecule has 1 N–H and O–H groups in total. The lowest BCUT2D eigenvalue weighted by atomic mass is 9.96. The number of nitrogens with one attached hydrogen (secondary N) is 1. The van der Waals surface area contributed by atoms with Gasteiger partial charge >= 0.3 is 0 Å². The number of aliphatic imine (C=N–C) groups is 1. The summed E-state index contributed by atoms with van der Waals surface area (Å²) in [6, 6.07) is 0.354. The van der Waals surface area contributed by atoms with Crippen LogP contribution in [0.5, 0.6) is 0 Å². The van der Waals surface area contributed by atoms with Crippen LogP contribution in [-0.4, -0.2) is 60.2 Å². The average molecular weight is 285 g/mol. The van der Waals surface area contributed by atoms with E-state index in [0.29, 0.717) is 6.04 Å². The lowest BCUT2D eigenvalue weighted by Gasteiger charge is -2.35. The molecule has 5 heteroatoms. The van der Waals surface area contributed by atoms with E-state index in [4.69, 9.17) is 9.73 Å². The van der Waals surface area contributed by atoms with Crippen molar-refractivity contribution in [1.82, 2.24) is 10.2 Å². The Morgan fingerprint density at radius 1 is 1.47 bits per heavy atom. The zero-order chi connectivity index (χ0) is 13.7. The quantitative estimate of drug-likeness (QED) is 0.857. The minimum atomic E-state index is 0.239. The summed E-state index contributed by atoms with van der Waals surface area (Å²) < 4.78 is 5.38. The number of rotatable bonds is 4. The summed E-state index contributed by atoms with van der Waals surface area (Å²) in [4.78, 5) is 7.31. The maximum atomic E-state index is 5.38. The van der Waals surface area contributed by atoms with Gasteiger partial charge in [-0.05, 0) is 26.7 Å². The predicted octanol–water partition coefficient (Wildman–Crippen LogP) is 1.96. The third kappa shape index (κ3) is 4.65. The number of amidine groups is 1. The molecule has 110 valence electrons. The van der Waals surface area contributed by atoms with Crippen LogP contribution in [-0.2, 0) is 4.74 Å². The lowest BCUT2D eigenvalue weighted by molar-refractivity contribution is 0.0361. The molecule has 0 bridgehead atoms. The van der Waals surface area contributed by atoms with E-state index in [9.17, 15) is 0 Å². The molecule has 0 aromatic carbocycles. The Bertz CT molecular complexity index is 318. The Hall–Kier alpha value is -0.260. The molecule has 19 heavy (non-hydrogen) atoms. The van der Waals surface area contributed by atoms with Gasteiger partial charge in [0.15, 0.2) is 5.17 Å². The molecule has 2 heterocycles. The molecule has 2 aliphatic heterocycles. The normalized spacial score (nSPS) is 33.1. The highest BCUT2D eigenvalue weighted by atomic mass is 32.2. The van der Waals surface area contributed by atoms with E-state index >= 15 is 0 Å². The van der Waals surface area contributed by atoms with Gasteiger partial charge in [0.25, 0.3) is 0 Å². The predicted molar refractivity (Wildman–Crippen MR) is 83.1 cm³/mol. The van der Waals surface area contributed by atoms with Gasteiger partial charge in [-0.15, -0.1) is 0 Å². The molecule has 2 rings (SSSR count). The first-order chi connectivity index (χ1) is 9.11. The number of morpholine rings is 1. The Kier molecular flexibility index (Phi) is 5.54. The molecule has 0 aromatic heterocycles. The Balaban J connectivity index is 1.85. The van der Waals surface area contributed by atoms with E-state index in [2.05, 4.69) is 31.0 Å². The van der Waals surface area contributed by atoms with Crippen molar-refractivity contribution in [3.05, 3.63) is 0 Å². The summed E-state index contributed by atoms with van der Waals surface area (Å²) in [7, 11) is 0. The largest absolute Gasteiger partial charge is 0.379 e. The van der Waals surface area contributed by atoms with Crippen LogP contribution in [0.4, 0.5) is 0 Å². The smallest absolute Gasteiger partial charge is 0.157 e. The van der Waals surface area contributed by atoms with Crippen molar-refractivity contribution in [3.8, 4) is 0 Å². The maximum absolute atomic E-state index is 5.38. The second-order valence-electron chi connectivity index (χ2n) is 5.83. The fourth-order valence-electron chi connectivity index (χ4n) is 2.46. The van der Waals surface area contributed by atoms with Gasteiger partial charge in [-0.1, -0.05) is 18.7 Å². The highest BCUT2D eigenvalue weighted by molar-refractivity contribution is 8.13. The van der Waals surface area contributed by atoms with E-state index in [1.165, 1.54) is 12.2 Å². The van der Waals surface area contributed by atoms with E-state index in [-0.39, 0.29) is 5.54 Å². The molecule has 2 atom stereocenters. The molecular weight excluding hydrogens is 258 g/mol. The van der Waals surface area contributed by atoms with Gasteiger partial charge in [-0.25, -0.2) is 0 Å². The first kappa shape index (κ1) is 15.1. The van der Waals surface area contributed by atoms with Crippen molar-refractivity contribution in [3.63, 3.8) is 0 Å². The van der Waals surface area contributed by atoms with Crippen LogP contribution in [0.2, 0.25) is 0 Å². The molecule has 4 nitrogen and oxygen atoms in total.